The second kappa shape index (κ2) is 27.2. The van der Waals surface area contributed by atoms with Crippen LogP contribution >= 0.6 is 0 Å². The molecular weight excluding hydrogens is 753 g/mol. The van der Waals surface area contributed by atoms with Crippen molar-refractivity contribution in [3.63, 3.8) is 0 Å². The van der Waals surface area contributed by atoms with Crippen molar-refractivity contribution in [2.24, 2.45) is 23.7 Å². The van der Waals surface area contributed by atoms with Crippen LogP contribution in [0.3, 0.4) is 0 Å². The van der Waals surface area contributed by atoms with Gasteiger partial charge in [0.25, 0.3) is 0 Å². The lowest BCUT2D eigenvalue weighted by molar-refractivity contribution is 0.275. The number of unbranched alkanes of at least 4 members (excludes halogenated alkanes) is 8. The molecule has 332 valence electrons. The van der Waals surface area contributed by atoms with Crippen LogP contribution < -0.4 is 0 Å². The molecule has 0 aliphatic rings. The lowest BCUT2D eigenvalue weighted by atomic mass is 9.77. The van der Waals surface area contributed by atoms with Crippen LogP contribution in [0.15, 0.2) is 72.8 Å². The predicted octanol–water partition coefficient (Wildman–Crippen LogP) is 13.4. The summed E-state index contributed by atoms with van der Waals surface area (Å²) in [5.41, 5.74) is 4.17. The van der Waals surface area contributed by atoms with Gasteiger partial charge in [-0.25, -0.2) is 0 Å². The lowest BCUT2D eigenvalue weighted by Crippen LogP contribution is -2.20. The van der Waals surface area contributed by atoms with E-state index in [1.54, 1.807) is 48.5 Å². The van der Waals surface area contributed by atoms with Crippen molar-refractivity contribution in [3.05, 3.63) is 95.1 Å². The predicted molar refractivity (Wildman–Crippen MR) is 244 cm³/mol. The van der Waals surface area contributed by atoms with E-state index in [2.05, 4.69) is 27.7 Å². The van der Waals surface area contributed by atoms with Crippen LogP contribution in [-0.4, -0.2) is 40.9 Å². The van der Waals surface area contributed by atoms with Gasteiger partial charge in [-0.05, 0) is 146 Å². The Bertz CT molecular complexity index is 1670. The highest BCUT2D eigenvalue weighted by molar-refractivity contribution is 5.43. The van der Waals surface area contributed by atoms with Crippen molar-refractivity contribution in [2.75, 3.05) is 0 Å². The average Bonchev–Trinajstić information content (AvgIpc) is 3.23. The minimum Gasteiger partial charge on any atom is -0.504 e. The molecule has 0 unspecified atom stereocenters. The molecule has 0 saturated heterocycles. The fourth-order valence-electron chi connectivity index (χ4n) is 8.61. The molecule has 4 aromatic rings. The van der Waals surface area contributed by atoms with E-state index in [0.717, 1.165) is 99.3 Å². The normalized spacial score (nSPS) is 13.3. The van der Waals surface area contributed by atoms with Gasteiger partial charge in [0, 0.05) is 0 Å². The highest BCUT2D eigenvalue weighted by Crippen LogP contribution is 2.37. The highest BCUT2D eigenvalue weighted by atomic mass is 16.3. The standard InChI is InChI=1S/2C26H38O4/c2*1-3-5-7-8-10-22(16-20-12-14-24(28)26(30)18-20)21(9-6-4-2)15-19-11-13-23(27)25(29)17-19/h2*11-14,17-18,21-22,27-30H,3-10,15-16H2,1-2H3/t2*21-,22-/m10/s1. The number of phenols is 8. The first kappa shape index (κ1) is 49.6. The molecule has 0 aliphatic heterocycles. The Balaban J connectivity index is 0.000000320. The first-order valence-corrected chi connectivity index (χ1v) is 22.9. The molecule has 0 fully saturated rings. The lowest BCUT2D eigenvalue weighted by Gasteiger charge is -2.28. The van der Waals surface area contributed by atoms with E-state index < -0.39 is 0 Å². The summed E-state index contributed by atoms with van der Waals surface area (Å²) >= 11 is 0. The number of hydrogen-bond acceptors (Lipinski definition) is 8. The SMILES string of the molecule is CCCCCC[C@@H](Cc1ccc(O)c(O)c1)[C@@H](CCCC)Cc1ccc(O)c(O)c1.CCCCCC[C@H](Cc1ccc(O)c(O)c1)[C@H](CCCC)Cc1ccc(O)c(O)c1. The molecule has 0 saturated carbocycles. The van der Waals surface area contributed by atoms with E-state index in [-0.39, 0.29) is 46.0 Å². The fourth-order valence-corrected chi connectivity index (χ4v) is 8.61. The first-order valence-electron chi connectivity index (χ1n) is 22.9. The minimum absolute atomic E-state index is 0.0641. The summed E-state index contributed by atoms with van der Waals surface area (Å²) in [7, 11) is 0. The molecule has 0 bridgehead atoms. The zero-order valence-electron chi connectivity index (χ0n) is 37.0. The highest BCUT2D eigenvalue weighted by Gasteiger charge is 2.24. The third kappa shape index (κ3) is 17.5. The minimum atomic E-state index is -0.0838. The molecule has 0 amide bonds. The number of rotatable bonds is 26. The Morgan fingerprint density at radius 3 is 0.733 bits per heavy atom. The van der Waals surface area contributed by atoms with Crippen molar-refractivity contribution in [1.82, 2.24) is 0 Å². The van der Waals surface area contributed by atoms with Crippen molar-refractivity contribution in [1.29, 1.82) is 0 Å². The number of phenolic OH excluding ortho intramolecular Hbond substituents is 8. The van der Waals surface area contributed by atoms with Gasteiger partial charge < -0.3 is 40.9 Å². The van der Waals surface area contributed by atoms with Gasteiger partial charge in [-0.2, -0.15) is 0 Å². The molecule has 8 nitrogen and oxygen atoms in total. The van der Waals surface area contributed by atoms with Crippen LogP contribution in [0.5, 0.6) is 46.0 Å². The topological polar surface area (TPSA) is 162 Å². The molecule has 4 rings (SSSR count). The summed E-state index contributed by atoms with van der Waals surface area (Å²) in [4.78, 5) is 0. The van der Waals surface area contributed by atoms with Crippen molar-refractivity contribution in [2.45, 2.75) is 156 Å². The van der Waals surface area contributed by atoms with Crippen molar-refractivity contribution < 1.29 is 40.9 Å². The number of benzene rings is 4. The molecule has 4 aromatic carbocycles. The maximum atomic E-state index is 9.93. The third-order valence-corrected chi connectivity index (χ3v) is 12.2. The third-order valence-electron chi connectivity index (χ3n) is 12.2. The Kier molecular flexibility index (Phi) is 22.5. The fraction of sp³-hybridized carbons (Fsp3) is 0.538. The number of hydrogen-bond donors (Lipinski definition) is 8. The quantitative estimate of drug-likeness (QED) is 0.0229. The van der Waals surface area contributed by atoms with Gasteiger partial charge in [0.15, 0.2) is 46.0 Å². The number of aromatic hydroxyl groups is 8. The van der Waals surface area contributed by atoms with E-state index >= 15 is 0 Å². The largest absolute Gasteiger partial charge is 0.504 e. The van der Waals surface area contributed by atoms with Gasteiger partial charge in [-0.15, -0.1) is 0 Å². The maximum absolute atomic E-state index is 9.93. The van der Waals surface area contributed by atoms with Gasteiger partial charge in [0.1, 0.15) is 0 Å². The molecule has 4 atom stereocenters. The molecule has 8 N–H and O–H groups in total. The van der Waals surface area contributed by atoms with Crippen LogP contribution in [0, 0.1) is 23.7 Å². The Morgan fingerprint density at radius 2 is 0.517 bits per heavy atom. The van der Waals surface area contributed by atoms with Gasteiger partial charge >= 0.3 is 0 Å². The molecule has 0 spiro atoms. The first-order chi connectivity index (χ1) is 28.9. The smallest absolute Gasteiger partial charge is 0.157 e. The van der Waals surface area contributed by atoms with Crippen LogP contribution in [-0.2, 0) is 25.7 Å². The van der Waals surface area contributed by atoms with Crippen LogP contribution in [0.2, 0.25) is 0 Å². The molecule has 60 heavy (non-hydrogen) atoms. The van der Waals surface area contributed by atoms with E-state index in [1.807, 2.05) is 24.3 Å². The maximum Gasteiger partial charge on any atom is 0.157 e. The van der Waals surface area contributed by atoms with E-state index in [0.29, 0.717) is 23.7 Å². The van der Waals surface area contributed by atoms with Crippen molar-refractivity contribution in [3.8, 4) is 46.0 Å². The van der Waals surface area contributed by atoms with Crippen LogP contribution in [0.4, 0.5) is 0 Å². The van der Waals surface area contributed by atoms with Gasteiger partial charge in [0.2, 0.25) is 0 Å². The molecule has 0 radical (unpaired) electrons. The Morgan fingerprint density at radius 1 is 0.283 bits per heavy atom. The van der Waals surface area contributed by atoms with Crippen LogP contribution in [0.25, 0.3) is 0 Å². The molecule has 0 aliphatic carbocycles. The Labute approximate surface area is 360 Å². The van der Waals surface area contributed by atoms with Crippen molar-refractivity contribution >= 4 is 0 Å². The molecule has 8 heteroatoms. The van der Waals surface area contributed by atoms with E-state index in [1.165, 1.54) is 51.4 Å². The van der Waals surface area contributed by atoms with E-state index in [4.69, 9.17) is 0 Å². The van der Waals surface area contributed by atoms with E-state index in [9.17, 15) is 40.9 Å². The van der Waals surface area contributed by atoms with Gasteiger partial charge in [-0.3, -0.25) is 0 Å². The Hall–Kier alpha value is -4.72. The molecule has 0 aromatic heterocycles. The summed E-state index contributed by atoms with van der Waals surface area (Å²) in [6.45, 7) is 8.85. The van der Waals surface area contributed by atoms with Gasteiger partial charge in [-0.1, -0.05) is 129 Å². The monoisotopic (exact) mass is 829 g/mol. The summed E-state index contributed by atoms with van der Waals surface area (Å²) in [5, 5.41) is 78.3. The van der Waals surface area contributed by atoms with Gasteiger partial charge in [0.05, 0.1) is 0 Å². The molecule has 0 heterocycles. The summed E-state index contributed by atoms with van der Waals surface area (Å²) in [5.74, 6) is 1.21. The zero-order chi connectivity index (χ0) is 43.9. The van der Waals surface area contributed by atoms with Crippen LogP contribution in [0.1, 0.15) is 153 Å². The summed E-state index contributed by atoms with van der Waals surface area (Å²) in [6, 6.07) is 20.6. The second-order valence-corrected chi connectivity index (χ2v) is 17.1. The zero-order valence-corrected chi connectivity index (χ0v) is 37.0. The average molecular weight is 829 g/mol. The summed E-state index contributed by atoms with van der Waals surface area (Å²) in [6.07, 6.45) is 22.2. The summed E-state index contributed by atoms with van der Waals surface area (Å²) < 4.78 is 0. The molecular formula is C52H76O8. The second-order valence-electron chi connectivity index (χ2n) is 17.1.